The van der Waals surface area contributed by atoms with Gasteiger partial charge in [-0.15, -0.1) is 0 Å². The van der Waals surface area contributed by atoms with E-state index in [-0.39, 0.29) is 24.0 Å². The van der Waals surface area contributed by atoms with E-state index in [2.05, 4.69) is 5.32 Å². The summed E-state index contributed by atoms with van der Waals surface area (Å²) >= 11 is 0. The van der Waals surface area contributed by atoms with Crippen LogP contribution < -0.4 is 14.8 Å². The molecule has 1 aliphatic heterocycles. The first kappa shape index (κ1) is 33.6. The van der Waals surface area contributed by atoms with Crippen LogP contribution in [-0.4, -0.2) is 69.5 Å². The van der Waals surface area contributed by atoms with Crippen LogP contribution in [0.5, 0.6) is 11.5 Å². The van der Waals surface area contributed by atoms with Crippen molar-refractivity contribution in [1.82, 2.24) is 14.5 Å². The molecule has 0 unspecified atom stereocenters. The first-order valence-electron chi connectivity index (χ1n) is 15.4. The zero-order valence-corrected chi connectivity index (χ0v) is 27.3. The van der Waals surface area contributed by atoms with Gasteiger partial charge in [-0.05, 0) is 60.0 Å². The lowest BCUT2D eigenvalue weighted by molar-refractivity contribution is -0.143. The fourth-order valence-corrected chi connectivity index (χ4v) is 6.63. The average Bonchev–Trinajstić information content (AvgIpc) is 3.11. The van der Waals surface area contributed by atoms with Gasteiger partial charge in [0.1, 0.15) is 17.5 Å². The molecule has 11 heteroatoms. The number of nitrogens with one attached hydrogen (secondary N) is 1. The van der Waals surface area contributed by atoms with E-state index in [0.717, 1.165) is 16.7 Å². The minimum Gasteiger partial charge on any atom is -0.497 e. The molecule has 47 heavy (non-hydrogen) atoms. The summed E-state index contributed by atoms with van der Waals surface area (Å²) in [7, 11) is -2.09. The molecule has 10 nitrogen and oxygen atoms in total. The monoisotopic (exact) mass is 657 g/mol. The zero-order valence-electron chi connectivity index (χ0n) is 26.5. The Hall–Kier alpha value is -4.71. The van der Waals surface area contributed by atoms with Crippen molar-refractivity contribution in [3.05, 3.63) is 125 Å². The maximum absolute atomic E-state index is 14.0. The lowest BCUT2D eigenvalue weighted by Crippen LogP contribution is -2.45. The molecule has 1 heterocycles. The molecule has 0 aliphatic carbocycles. The minimum absolute atomic E-state index is 0.125. The second-order valence-corrected chi connectivity index (χ2v) is 13.1. The van der Waals surface area contributed by atoms with Gasteiger partial charge >= 0.3 is 0 Å². The molecule has 1 aliphatic rings. The zero-order chi connectivity index (χ0) is 33.2. The Morgan fingerprint density at radius 1 is 0.851 bits per heavy atom. The Balaban J connectivity index is 1.37. The van der Waals surface area contributed by atoms with Gasteiger partial charge in [0, 0.05) is 26.2 Å². The van der Waals surface area contributed by atoms with Crippen LogP contribution in [-0.2, 0) is 37.4 Å². The third kappa shape index (κ3) is 8.76. The molecule has 0 saturated carbocycles. The highest BCUT2D eigenvalue weighted by molar-refractivity contribution is 7.89. The average molecular weight is 658 g/mol. The minimum atomic E-state index is -3.67. The number of hydrogen-bond donors (Lipinski definition) is 1. The summed E-state index contributed by atoms with van der Waals surface area (Å²) < 4.78 is 43.9. The van der Waals surface area contributed by atoms with Crippen molar-refractivity contribution in [3.8, 4) is 11.5 Å². The van der Waals surface area contributed by atoms with Crippen LogP contribution in [0, 0.1) is 6.92 Å². The largest absolute Gasteiger partial charge is 0.497 e. The molecule has 4 aromatic carbocycles. The normalized spacial score (nSPS) is 14.2. The second-order valence-electron chi connectivity index (χ2n) is 11.2. The second kappa shape index (κ2) is 15.7. The number of rotatable bonds is 13. The SMILES string of the molecule is COc1ccc(CN(C(=O)COc2ccc(S(=O)(=O)N3CCOCC3)cc2)[C@H](C(=O)NCc2ccc(C)cc2)c2ccccc2)cc1. The van der Waals surface area contributed by atoms with Crippen molar-refractivity contribution in [1.29, 1.82) is 0 Å². The Labute approximate surface area is 275 Å². The number of carbonyl (C=O) groups excluding carboxylic acids is 2. The van der Waals surface area contributed by atoms with Crippen LogP contribution in [0.15, 0.2) is 108 Å². The highest BCUT2D eigenvalue weighted by Gasteiger charge is 2.32. The number of carbonyl (C=O) groups is 2. The summed E-state index contributed by atoms with van der Waals surface area (Å²) in [6.45, 7) is 3.33. The maximum Gasteiger partial charge on any atom is 0.261 e. The fraction of sp³-hybridized carbons (Fsp3) is 0.278. The van der Waals surface area contributed by atoms with E-state index in [9.17, 15) is 18.0 Å². The van der Waals surface area contributed by atoms with Gasteiger partial charge in [0.15, 0.2) is 6.61 Å². The van der Waals surface area contributed by atoms with Crippen molar-refractivity contribution >= 4 is 21.8 Å². The van der Waals surface area contributed by atoms with E-state index in [1.165, 1.54) is 33.5 Å². The highest BCUT2D eigenvalue weighted by atomic mass is 32.2. The van der Waals surface area contributed by atoms with E-state index < -0.39 is 22.0 Å². The van der Waals surface area contributed by atoms with Gasteiger partial charge in [0.2, 0.25) is 15.9 Å². The lowest BCUT2D eigenvalue weighted by atomic mass is 10.0. The molecule has 2 amide bonds. The molecular formula is C36H39N3O7S. The van der Waals surface area contributed by atoms with Crippen LogP contribution in [0.1, 0.15) is 28.3 Å². The number of methoxy groups -OCH3 is 1. The first-order valence-corrected chi connectivity index (χ1v) is 16.8. The predicted molar refractivity (Wildman–Crippen MR) is 177 cm³/mol. The summed E-state index contributed by atoms with van der Waals surface area (Å²) in [5.41, 5.74) is 3.50. The van der Waals surface area contributed by atoms with E-state index in [0.29, 0.717) is 49.9 Å². The van der Waals surface area contributed by atoms with E-state index >= 15 is 0 Å². The van der Waals surface area contributed by atoms with Crippen LogP contribution in [0.4, 0.5) is 0 Å². The number of nitrogens with zero attached hydrogens (tertiary/aromatic N) is 2. The van der Waals surface area contributed by atoms with Crippen molar-refractivity contribution in [2.45, 2.75) is 31.0 Å². The number of benzene rings is 4. The van der Waals surface area contributed by atoms with E-state index in [1.807, 2.05) is 73.7 Å². The third-order valence-corrected chi connectivity index (χ3v) is 9.80. The highest BCUT2D eigenvalue weighted by Crippen LogP contribution is 2.26. The maximum atomic E-state index is 14.0. The summed E-state index contributed by atoms with van der Waals surface area (Å²) in [6, 6.07) is 29.3. The van der Waals surface area contributed by atoms with Gasteiger partial charge in [-0.25, -0.2) is 8.42 Å². The standard InChI is InChI=1S/C36H39N3O7S/c1-27-8-10-28(11-9-27)24-37-36(41)35(30-6-4-3-5-7-30)39(25-29-12-14-31(44-2)15-13-29)34(40)26-46-32-16-18-33(19-17-32)47(42,43)38-20-22-45-23-21-38/h3-19,35H,20-26H2,1-2H3,(H,37,41)/t35-/m0/s1. The molecule has 4 aromatic rings. The number of sulfonamides is 1. The first-order chi connectivity index (χ1) is 22.7. The van der Waals surface area contributed by atoms with Crippen LogP contribution in [0.2, 0.25) is 0 Å². The van der Waals surface area contributed by atoms with Gasteiger partial charge in [-0.3, -0.25) is 9.59 Å². The van der Waals surface area contributed by atoms with Gasteiger partial charge < -0.3 is 24.4 Å². The van der Waals surface area contributed by atoms with Gasteiger partial charge in [0.25, 0.3) is 5.91 Å². The van der Waals surface area contributed by atoms with E-state index in [4.69, 9.17) is 14.2 Å². The molecule has 0 bridgehead atoms. The lowest BCUT2D eigenvalue weighted by Gasteiger charge is -2.31. The van der Waals surface area contributed by atoms with Crippen LogP contribution in [0.3, 0.4) is 0 Å². The van der Waals surface area contributed by atoms with Crippen molar-refractivity contribution in [2.24, 2.45) is 0 Å². The molecule has 0 radical (unpaired) electrons. The summed E-state index contributed by atoms with van der Waals surface area (Å²) in [4.78, 5) is 29.5. The summed E-state index contributed by atoms with van der Waals surface area (Å²) in [6.07, 6.45) is 0. The molecular weight excluding hydrogens is 618 g/mol. The van der Waals surface area contributed by atoms with Crippen molar-refractivity contribution < 1.29 is 32.2 Å². The molecule has 1 saturated heterocycles. The van der Waals surface area contributed by atoms with Crippen molar-refractivity contribution in [2.75, 3.05) is 40.0 Å². The molecule has 1 atom stereocenters. The molecule has 246 valence electrons. The molecule has 1 N–H and O–H groups in total. The number of ether oxygens (including phenoxy) is 3. The topological polar surface area (TPSA) is 114 Å². The molecule has 0 aromatic heterocycles. The summed E-state index contributed by atoms with van der Waals surface area (Å²) in [5, 5.41) is 3.02. The van der Waals surface area contributed by atoms with Gasteiger partial charge in [0.05, 0.1) is 25.2 Å². The number of morpholine rings is 1. The Bertz CT molecular complexity index is 1720. The quantitative estimate of drug-likeness (QED) is 0.225. The van der Waals surface area contributed by atoms with Gasteiger partial charge in [-0.2, -0.15) is 4.31 Å². The number of hydrogen-bond acceptors (Lipinski definition) is 7. The van der Waals surface area contributed by atoms with Gasteiger partial charge in [-0.1, -0.05) is 72.3 Å². The molecule has 1 fully saturated rings. The third-order valence-electron chi connectivity index (χ3n) is 7.89. The molecule has 5 rings (SSSR count). The summed E-state index contributed by atoms with van der Waals surface area (Å²) in [5.74, 6) is 0.231. The van der Waals surface area contributed by atoms with Crippen LogP contribution in [0.25, 0.3) is 0 Å². The molecule has 0 spiro atoms. The Morgan fingerprint density at radius 2 is 1.47 bits per heavy atom. The smallest absolute Gasteiger partial charge is 0.261 e. The Morgan fingerprint density at radius 3 is 2.11 bits per heavy atom. The number of aryl methyl sites for hydroxylation is 1. The van der Waals surface area contributed by atoms with Crippen molar-refractivity contribution in [3.63, 3.8) is 0 Å². The van der Waals surface area contributed by atoms with Crippen LogP contribution >= 0.6 is 0 Å². The predicted octanol–water partition coefficient (Wildman–Crippen LogP) is 4.49. The Kier molecular flexibility index (Phi) is 11.3. The van der Waals surface area contributed by atoms with E-state index in [1.54, 1.807) is 19.2 Å². The number of amides is 2. The fourth-order valence-electron chi connectivity index (χ4n) is 5.22.